The number of nitrogens with two attached hydrogens (primary N) is 1. The molecule has 0 amide bonds. The highest BCUT2D eigenvalue weighted by molar-refractivity contribution is 9.11. The van der Waals surface area contributed by atoms with E-state index in [1.807, 2.05) is 37.3 Å². The lowest BCUT2D eigenvalue weighted by Gasteiger charge is -1.99. The Hall–Kier alpha value is -1.33. The van der Waals surface area contributed by atoms with Gasteiger partial charge >= 0.3 is 0 Å². The first-order valence-corrected chi connectivity index (χ1v) is 7.26. The molecule has 0 saturated carbocycles. The number of nitrogen functional groups attached to an aromatic ring is 1. The third kappa shape index (κ3) is 2.17. The largest absolute Gasteiger partial charge is 0.436 e. The first-order valence-electron chi connectivity index (χ1n) is 5.67. The van der Waals surface area contributed by atoms with Crippen molar-refractivity contribution in [2.24, 2.45) is 0 Å². The fourth-order valence-corrected chi connectivity index (χ4v) is 3.08. The molecule has 0 aliphatic carbocycles. The van der Waals surface area contributed by atoms with Crippen molar-refractivity contribution in [2.45, 2.75) is 6.92 Å². The van der Waals surface area contributed by atoms with E-state index < -0.39 is 0 Å². The number of hydrogen-bond donors (Lipinski definition) is 1. The lowest BCUT2D eigenvalue weighted by atomic mass is 10.1. The van der Waals surface area contributed by atoms with Gasteiger partial charge in [0.15, 0.2) is 5.58 Å². The molecule has 3 rings (SSSR count). The van der Waals surface area contributed by atoms with Gasteiger partial charge in [0.1, 0.15) is 5.52 Å². The molecule has 0 saturated heterocycles. The van der Waals surface area contributed by atoms with Crippen LogP contribution in [0, 0.1) is 6.92 Å². The molecule has 0 bridgehead atoms. The number of oxazole rings is 1. The maximum absolute atomic E-state index is 5.94. The fraction of sp³-hybridized carbons (Fsp3) is 0.0714. The molecule has 3 nitrogen and oxygen atoms in total. The Morgan fingerprint density at radius 3 is 2.74 bits per heavy atom. The van der Waals surface area contributed by atoms with Crippen LogP contribution >= 0.6 is 31.9 Å². The van der Waals surface area contributed by atoms with Gasteiger partial charge in [0, 0.05) is 10.0 Å². The van der Waals surface area contributed by atoms with E-state index in [4.69, 9.17) is 10.2 Å². The zero-order valence-corrected chi connectivity index (χ0v) is 13.2. The molecule has 0 spiro atoms. The van der Waals surface area contributed by atoms with E-state index in [1.165, 1.54) is 5.56 Å². The van der Waals surface area contributed by atoms with Crippen LogP contribution in [0.1, 0.15) is 5.56 Å². The van der Waals surface area contributed by atoms with Crippen molar-refractivity contribution in [1.82, 2.24) is 4.98 Å². The minimum atomic E-state index is 0.594. The summed E-state index contributed by atoms with van der Waals surface area (Å²) in [5, 5.41) is 0. The molecule has 1 heterocycles. The van der Waals surface area contributed by atoms with Crippen LogP contribution in [0.4, 0.5) is 5.69 Å². The number of fused-ring (bicyclic) bond motifs is 1. The predicted octanol–water partition coefficient (Wildman–Crippen LogP) is 4.91. The molecule has 0 radical (unpaired) electrons. The van der Waals surface area contributed by atoms with Gasteiger partial charge in [-0.2, -0.15) is 0 Å². The highest BCUT2D eigenvalue weighted by atomic mass is 79.9. The number of aryl methyl sites for hydroxylation is 1. The van der Waals surface area contributed by atoms with Gasteiger partial charge in [-0.05, 0) is 57.0 Å². The van der Waals surface area contributed by atoms with Crippen molar-refractivity contribution in [2.75, 3.05) is 5.73 Å². The average Bonchev–Trinajstić information content (AvgIpc) is 2.80. The third-order valence-electron chi connectivity index (χ3n) is 2.88. The first kappa shape index (κ1) is 12.7. The molecule has 0 aliphatic rings. The number of halogens is 2. The van der Waals surface area contributed by atoms with Gasteiger partial charge in [0.2, 0.25) is 5.89 Å². The molecule has 2 N–H and O–H groups in total. The normalized spacial score (nSPS) is 11.1. The maximum Gasteiger partial charge on any atom is 0.227 e. The molecule has 3 aromatic rings. The second kappa shape index (κ2) is 4.65. The van der Waals surface area contributed by atoms with Gasteiger partial charge in [-0.1, -0.05) is 17.7 Å². The second-order valence-corrected chi connectivity index (χ2v) is 5.97. The minimum absolute atomic E-state index is 0.594. The van der Waals surface area contributed by atoms with Gasteiger partial charge in [0.25, 0.3) is 0 Å². The first-order chi connectivity index (χ1) is 9.06. The zero-order chi connectivity index (χ0) is 13.6. The molecular weight excluding hydrogens is 372 g/mol. The molecular formula is C14H10Br2N2O. The summed E-state index contributed by atoms with van der Waals surface area (Å²) in [6, 6.07) is 9.87. The van der Waals surface area contributed by atoms with Crippen LogP contribution in [-0.4, -0.2) is 4.98 Å². The summed E-state index contributed by atoms with van der Waals surface area (Å²) in [6.45, 7) is 2.04. The van der Waals surface area contributed by atoms with Gasteiger partial charge in [0.05, 0.1) is 10.2 Å². The zero-order valence-electron chi connectivity index (χ0n) is 10.1. The average molecular weight is 382 g/mol. The second-order valence-electron chi connectivity index (χ2n) is 4.32. The molecule has 1 aromatic heterocycles. The monoisotopic (exact) mass is 380 g/mol. The van der Waals surface area contributed by atoms with Crippen molar-refractivity contribution in [3.63, 3.8) is 0 Å². The Bertz CT molecular complexity index is 780. The molecule has 19 heavy (non-hydrogen) atoms. The SMILES string of the molecule is Cc1cccc(-c2nc3c(Br)c(N)c(Br)cc3o2)c1. The molecule has 0 aliphatic heterocycles. The topological polar surface area (TPSA) is 52.0 Å². The standard InChI is InChI=1S/C14H10Br2N2O/c1-7-3-2-4-8(5-7)14-18-13-10(19-14)6-9(15)12(17)11(13)16/h2-6H,17H2,1H3. The quantitative estimate of drug-likeness (QED) is 0.609. The Balaban J connectivity index is 2.25. The van der Waals surface area contributed by atoms with Gasteiger partial charge in [-0.15, -0.1) is 0 Å². The number of rotatable bonds is 1. The molecule has 0 unspecified atom stereocenters. The molecule has 96 valence electrons. The Morgan fingerprint density at radius 1 is 1.21 bits per heavy atom. The van der Waals surface area contributed by atoms with E-state index in [2.05, 4.69) is 36.8 Å². The van der Waals surface area contributed by atoms with E-state index in [0.29, 0.717) is 17.2 Å². The lowest BCUT2D eigenvalue weighted by Crippen LogP contribution is -1.88. The van der Waals surface area contributed by atoms with E-state index in [1.54, 1.807) is 0 Å². The number of anilines is 1. The van der Waals surface area contributed by atoms with E-state index in [-0.39, 0.29) is 0 Å². The van der Waals surface area contributed by atoms with Crippen LogP contribution in [0.5, 0.6) is 0 Å². The van der Waals surface area contributed by atoms with Crippen molar-refractivity contribution in [3.05, 3.63) is 44.8 Å². The fourth-order valence-electron chi connectivity index (χ4n) is 1.91. The van der Waals surface area contributed by atoms with Crippen LogP contribution in [-0.2, 0) is 0 Å². The summed E-state index contributed by atoms with van der Waals surface area (Å²) in [7, 11) is 0. The predicted molar refractivity (Wildman–Crippen MR) is 84.0 cm³/mol. The molecule has 0 atom stereocenters. The van der Waals surface area contributed by atoms with E-state index in [9.17, 15) is 0 Å². The van der Waals surface area contributed by atoms with Crippen molar-refractivity contribution in [3.8, 4) is 11.5 Å². The van der Waals surface area contributed by atoms with Crippen LogP contribution in [0.2, 0.25) is 0 Å². The Morgan fingerprint density at radius 2 is 2.00 bits per heavy atom. The van der Waals surface area contributed by atoms with Crippen LogP contribution < -0.4 is 5.73 Å². The Kier molecular flexibility index (Phi) is 3.11. The van der Waals surface area contributed by atoms with E-state index >= 15 is 0 Å². The number of hydrogen-bond acceptors (Lipinski definition) is 3. The van der Waals surface area contributed by atoms with Crippen molar-refractivity contribution >= 4 is 48.6 Å². The molecule has 0 fully saturated rings. The third-order valence-corrected chi connectivity index (χ3v) is 4.34. The molecule has 5 heteroatoms. The van der Waals surface area contributed by atoms with Crippen LogP contribution in [0.25, 0.3) is 22.6 Å². The smallest absolute Gasteiger partial charge is 0.227 e. The minimum Gasteiger partial charge on any atom is -0.436 e. The highest BCUT2D eigenvalue weighted by Crippen LogP contribution is 2.37. The number of benzene rings is 2. The lowest BCUT2D eigenvalue weighted by molar-refractivity contribution is 0.619. The summed E-state index contributed by atoms with van der Waals surface area (Å²) in [6.07, 6.45) is 0. The Labute approximate surface area is 127 Å². The van der Waals surface area contributed by atoms with Crippen LogP contribution in [0.3, 0.4) is 0 Å². The number of nitrogens with zero attached hydrogens (tertiary/aromatic N) is 1. The van der Waals surface area contributed by atoms with Gasteiger partial charge < -0.3 is 10.2 Å². The van der Waals surface area contributed by atoms with Crippen molar-refractivity contribution < 1.29 is 4.42 Å². The highest BCUT2D eigenvalue weighted by Gasteiger charge is 2.14. The number of aromatic nitrogens is 1. The summed E-state index contributed by atoms with van der Waals surface area (Å²) >= 11 is 6.86. The van der Waals surface area contributed by atoms with E-state index in [0.717, 1.165) is 20.0 Å². The van der Waals surface area contributed by atoms with Gasteiger partial charge in [-0.25, -0.2) is 4.98 Å². The summed E-state index contributed by atoms with van der Waals surface area (Å²) in [5.41, 5.74) is 10.1. The van der Waals surface area contributed by atoms with Crippen molar-refractivity contribution in [1.29, 1.82) is 0 Å². The summed E-state index contributed by atoms with van der Waals surface area (Å²) < 4.78 is 7.34. The van der Waals surface area contributed by atoms with Crippen LogP contribution in [0.15, 0.2) is 43.7 Å². The summed E-state index contributed by atoms with van der Waals surface area (Å²) in [4.78, 5) is 4.51. The molecule has 2 aromatic carbocycles. The van der Waals surface area contributed by atoms with Gasteiger partial charge in [-0.3, -0.25) is 0 Å². The summed E-state index contributed by atoms with van der Waals surface area (Å²) in [5.74, 6) is 0.594. The maximum atomic E-state index is 5.94.